The topological polar surface area (TPSA) is 0 Å². The molecule has 0 nitrogen and oxygen atoms in total. The Hall–Kier alpha value is -1.25. The van der Waals surface area contributed by atoms with Crippen LogP contribution >= 0.6 is 0 Å². The molecule has 0 aromatic heterocycles. The summed E-state index contributed by atoms with van der Waals surface area (Å²) in [6, 6.07) is 0. The van der Waals surface area contributed by atoms with Gasteiger partial charge in [-0.25, -0.2) is 0 Å². The summed E-state index contributed by atoms with van der Waals surface area (Å²) in [5.41, 5.74) is 2.21. The third-order valence-electron chi connectivity index (χ3n) is 2.54. The average molecular weight is 212 g/mol. The molecule has 2 rings (SSSR count). The molecule has 0 fully saturated rings. The first-order valence-electron chi connectivity index (χ1n) is 4.89. The van der Waals surface area contributed by atoms with Gasteiger partial charge in [-0.1, -0.05) is 30.4 Å². The molecular weight excluding hydrogens is 201 g/mol. The molecular formula is C12H11F3. The number of rotatable bonds is 2. The quantitative estimate of drug-likeness (QED) is 0.647. The van der Waals surface area contributed by atoms with E-state index in [9.17, 15) is 13.2 Å². The van der Waals surface area contributed by atoms with Crippen LogP contribution in [0.1, 0.15) is 19.3 Å². The fraction of sp³-hybridized carbons (Fsp3) is 0.333. The number of alkyl halides is 3. The zero-order chi connectivity index (χ0) is 10.9. The summed E-state index contributed by atoms with van der Waals surface area (Å²) in [6.45, 7) is 0. The summed E-state index contributed by atoms with van der Waals surface area (Å²) in [6.07, 6.45) is 5.75. The molecule has 2 aliphatic carbocycles. The smallest absolute Gasteiger partial charge is 0.171 e. The lowest BCUT2D eigenvalue weighted by Gasteiger charge is -2.09. The van der Waals surface area contributed by atoms with E-state index in [0.29, 0.717) is 12.0 Å². The van der Waals surface area contributed by atoms with Crippen LogP contribution in [0.5, 0.6) is 0 Å². The van der Waals surface area contributed by atoms with E-state index in [2.05, 4.69) is 0 Å². The molecule has 80 valence electrons. The van der Waals surface area contributed by atoms with Crippen molar-refractivity contribution in [3.8, 4) is 0 Å². The Bertz CT molecular complexity index is 378. The molecule has 2 aliphatic rings. The van der Waals surface area contributed by atoms with Crippen molar-refractivity contribution in [2.45, 2.75) is 25.4 Å². The maximum atomic E-state index is 12.3. The second-order valence-electron chi connectivity index (χ2n) is 3.70. The number of allylic oxidation sites excluding steroid dienone is 8. The largest absolute Gasteiger partial charge is 0.393 e. The van der Waals surface area contributed by atoms with Crippen molar-refractivity contribution in [1.82, 2.24) is 0 Å². The Morgan fingerprint density at radius 3 is 2.53 bits per heavy atom. The van der Waals surface area contributed by atoms with Crippen molar-refractivity contribution in [1.29, 1.82) is 0 Å². The number of hydrogen-bond donors (Lipinski definition) is 0. The zero-order valence-corrected chi connectivity index (χ0v) is 8.14. The van der Waals surface area contributed by atoms with Gasteiger partial charge in [0.1, 0.15) is 0 Å². The lowest BCUT2D eigenvalue weighted by Crippen LogP contribution is -2.08. The monoisotopic (exact) mass is 212 g/mol. The molecule has 0 unspecified atom stereocenters. The maximum Gasteiger partial charge on any atom is 0.393 e. The molecule has 0 N–H and O–H groups in total. The Kier molecular flexibility index (Phi) is 2.55. The molecule has 0 aliphatic heterocycles. The van der Waals surface area contributed by atoms with Gasteiger partial charge in [-0.3, -0.25) is 0 Å². The first-order chi connectivity index (χ1) is 7.06. The first-order valence-corrected chi connectivity index (χ1v) is 4.89. The van der Waals surface area contributed by atoms with Crippen LogP contribution in [0.3, 0.4) is 0 Å². The van der Waals surface area contributed by atoms with Gasteiger partial charge in [0.25, 0.3) is 0 Å². The van der Waals surface area contributed by atoms with E-state index < -0.39 is 12.6 Å². The van der Waals surface area contributed by atoms with Gasteiger partial charge >= 0.3 is 6.18 Å². The van der Waals surface area contributed by atoms with Crippen LogP contribution in [0.4, 0.5) is 13.2 Å². The van der Waals surface area contributed by atoms with E-state index in [1.54, 1.807) is 12.2 Å². The minimum atomic E-state index is -4.11. The summed E-state index contributed by atoms with van der Waals surface area (Å²) in [5, 5.41) is 0. The Balaban J connectivity index is 2.22. The molecule has 3 heteroatoms. The fourth-order valence-electron chi connectivity index (χ4n) is 1.92. The van der Waals surface area contributed by atoms with E-state index in [4.69, 9.17) is 0 Å². The molecule has 0 bridgehead atoms. The van der Waals surface area contributed by atoms with Crippen LogP contribution in [0.25, 0.3) is 0 Å². The van der Waals surface area contributed by atoms with Gasteiger partial charge < -0.3 is 0 Å². The van der Waals surface area contributed by atoms with Crippen molar-refractivity contribution in [3.05, 3.63) is 47.1 Å². The lowest BCUT2D eigenvalue weighted by molar-refractivity contribution is -0.126. The summed E-state index contributed by atoms with van der Waals surface area (Å²) in [5.74, 6) is 0. The van der Waals surface area contributed by atoms with Crippen molar-refractivity contribution < 1.29 is 13.2 Å². The zero-order valence-electron chi connectivity index (χ0n) is 8.14. The Morgan fingerprint density at radius 2 is 1.93 bits per heavy atom. The summed E-state index contributed by atoms with van der Waals surface area (Å²) >= 11 is 0. The Morgan fingerprint density at radius 1 is 1.13 bits per heavy atom. The highest BCUT2D eigenvalue weighted by Gasteiger charge is 2.30. The highest BCUT2D eigenvalue weighted by molar-refractivity contribution is 5.52. The SMILES string of the molecule is FC(F)(F)CC1=C(C2=CCC=C2)CC=C1. The molecule has 0 saturated carbocycles. The summed E-state index contributed by atoms with van der Waals surface area (Å²) in [7, 11) is 0. The third kappa shape index (κ3) is 2.41. The standard InChI is InChI=1S/C12H11F3/c13-12(14,15)8-10-6-3-7-11(10)9-4-1-2-5-9/h1,3-6H,2,7-8H2. The third-order valence-corrected chi connectivity index (χ3v) is 2.54. The molecule has 0 aromatic rings. The molecule has 0 atom stereocenters. The van der Waals surface area contributed by atoms with Crippen molar-refractivity contribution in [3.63, 3.8) is 0 Å². The van der Waals surface area contributed by atoms with Gasteiger partial charge in [-0.05, 0) is 29.6 Å². The molecule has 15 heavy (non-hydrogen) atoms. The van der Waals surface area contributed by atoms with Crippen LogP contribution in [-0.4, -0.2) is 6.18 Å². The highest BCUT2D eigenvalue weighted by Crippen LogP contribution is 2.35. The first kappa shape index (κ1) is 10.3. The van der Waals surface area contributed by atoms with Crippen LogP contribution in [0.15, 0.2) is 47.1 Å². The van der Waals surface area contributed by atoms with Gasteiger partial charge in [-0.2, -0.15) is 13.2 Å². The van der Waals surface area contributed by atoms with E-state index in [1.165, 1.54) is 0 Å². The minimum Gasteiger partial charge on any atom is -0.171 e. The van der Waals surface area contributed by atoms with Crippen molar-refractivity contribution >= 4 is 0 Å². The van der Waals surface area contributed by atoms with Gasteiger partial charge in [0.05, 0.1) is 6.42 Å². The average Bonchev–Trinajstić information content (AvgIpc) is 2.68. The van der Waals surface area contributed by atoms with E-state index in [-0.39, 0.29) is 0 Å². The lowest BCUT2D eigenvalue weighted by atomic mass is 10.0. The van der Waals surface area contributed by atoms with Gasteiger partial charge in [-0.15, -0.1) is 0 Å². The second-order valence-corrected chi connectivity index (χ2v) is 3.70. The van der Waals surface area contributed by atoms with Crippen LogP contribution in [0, 0.1) is 0 Å². The van der Waals surface area contributed by atoms with Crippen molar-refractivity contribution in [2.75, 3.05) is 0 Å². The summed E-state index contributed by atoms with van der Waals surface area (Å²) < 4.78 is 36.8. The number of halogens is 3. The second kappa shape index (κ2) is 3.72. The number of hydrogen-bond acceptors (Lipinski definition) is 0. The van der Waals surface area contributed by atoms with E-state index in [1.807, 2.05) is 18.2 Å². The molecule has 0 saturated heterocycles. The van der Waals surface area contributed by atoms with Crippen molar-refractivity contribution in [2.24, 2.45) is 0 Å². The van der Waals surface area contributed by atoms with Gasteiger partial charge in [0, 0.05) is 0 Å². The predicted molar refractivity (Wildman–Crippen MR) is 53.3 cm³/mol. The minimum absolute atomic E-state index is 0.417. The van der Waals surface area contributed by atoms with Gasteiger partial charge in [0.2, 0.25) is 0 Å². The van der Waals surface area contributed by atoms with Crippen LogP contribution in [0.2, 0.25) is 0 Å². The maximum absolute atomic E-state index is 12.3. The molecule has 0 heterocycles. The Labute approximate surface area is 86.5 Å². The highest BCUT2D eigenvalue weighted by atomic mass is 19.4. The normalized spacial score (nSPS) is 20.3. The van der Waals surface area contributed by atoms with Crippen LogP contribution < -0.4 is 0 Å². The fourth-order valence-corrected chi connectivity index (χ4v) is 1.92. The summed E-state index contributed by atoms with van der Waals surface area (Å²) in [4.78, 5) is 0. The predicted octanol–water partition coefficient (Wildman–Crippen LogP) is 4.08. The van der Waals surface area contributed by atoms with Gasteiger partial charge in [0.15, 0.2) is 0 Å². The van der Waals surface area contributed by atoms with E-state index >= 15 is 0 Å². The molecule has 0 radical (unpaired) electrons. The van der Waals surface area contributed by atoms with Crippen LogP contribution in [-0.2, 0) is 0 Å². The molecule has 0 spiro atoms. The molecule has 0 aromatic carbocycles. The van der Waals surface area contributed by atoms with E-state index in [0.717, 1.165) is 17.6 Å². The molecule has 0 amide bonds.